The van der Waals surface area contributed by atoms with Gasteiger partial charge in [0.2, 0.25) is 5.91 Å². The van der Waals surface area contributed by atoms with Crippen LogP contribution >= 0.6 is 11.3 Å². The van der Waals surface area contributed by atoms with Crippen LogP contribution in [0.3, 0.4) is 0 Å². The van der Waals surface area contributed by atoms with Crippen LogP contribution in [0.1, 0.15) is 30.5 Å². The molecule has 112 valence electrons. The number of aliphatic hydroxyl groups is 1. The van der Waals surface area contributed by atoms with Crippen LogP contribution in [0.25, 0.3) is 0 Å². The molecule has 1 amide bonds. The molecular formula is C14H23N3O2S. The number of thiazole rings is 1. The molecule has 2 rings (SSSR count). The highest BCUT2D eigenvalue weighted by molar-refractivity contribution is 7.09. The smallest absolute Gasteiger partial charge is 0.223 e. The van der Waals surface area contributed by atoms with E-state index in [0.717, 1.165) is 43.2 Å². The molecule has 2 heterocycles. The minimum atomic E-state index is -0.154. The van der Waals surface area contributed by atoms with Gasteiger partial charge in [-0.15, -0.1) is 11.3 Å². The van der Waals surface area contributed by atoms with Crippen molar-refractivity contribution in [1.29, 1.82) is 0 Å². The summed E-state index contributed by atoms with van der Waals surface area (Å²) in [5.74, 6) is 0.160. The highest BCUT2D eigenvalue weighted by Crippen LogP contribution is 2.20. The normalized spacial score (nSPS) is 18.9. The van der Waals surface area contributed by atoms with E-state index in [1.807, 2.05) is 13.8 Å². The molecule has 1 unspecified atom stereocenters. The fraction of sp³-hybridized carbons (Fsp3) is 0.714. The fourth-order valence-electron chi connectivity index (χ4n) is 2.47. The van der Waals surface area contributed by atoms with Gasteiger partial charge in [-0.25, -0.2) is 4.98 Å². The van der Waals surface area contributed by atoms with E-state index in [-0.39, 0.29) is 24.5 Å². The van der Waals surface area contributed by atoms with Crippen molar-refractivity contribution < 1.29 is 9.90 Å². The number of carbonyl (C=O) groups excluding carboxylic acids is 1. The molecule has 2 N–H and O–H groups in total. The second kappa shape index (κ2) is 7.15. The molecule has 0 spiro atoms. The van der Waals surface area contributed by atoms with Gasteiger partial charge in [-0.1, -0.05) is 0 Å². The molecule has 1 aliphatic heterocycles. The zero-order valence-corrected chi connectivity index (χ0v) is 12.9. The third kappa shape index (κ3) is 4.26. The van der Waals surface area contributed by atoms with E-state index in [4.69, 9.17) is 5.11 Å². The van der Waals surface area contributed by atoms with Crippen molar-refractivity contribution in [1.82, 2.24) is 15.2 Å². The third-order valence-corrected chi connectivity index (χ3v) is 4.50. The standard InChI is InChI=1S/C14H23N3O2S/c1-10(8-18)15-14(19)12-3-5-17(6-4-12)7-13-9-20-11(2)16-13/h9-10,12,18H,3-8H2,1-2H3,(H,15,19). The Morgan fingerprint density at radius 3 is 2.85 bits per heavy atom. The molecule has 5 nitrogen and oxygen atoms in total. The lowest BCUT2D eigenvalue weighted by atomic mass is 9.95. The molecule has 6 heteroatoms. The number of likely N-dealkylation sites (tertiary alicyclic amines) is 1. The number of aryl methyl sites for hydroxylation is 1. The molecule has 1 aromatic heterocycles. The van der Waals surface area contributed by atoms with Gasteiger partial charge in [0.1, 0.15) is 0 Å². The van der Waals surface area contributed by atoms with Gasteiger partial charge in [0.15, 0.2) is 0 Å². The maximum absolute atomic E-state index is 12.0. The molecule has 0 bridgehead atoms. The summed E-state index contributed by atoms with van der Waals surface area (Å²) >= 11 is 1.68. The molecule has 0 aliphatic carbocycles. The van der Waals surface area contributed by atoms with E-state index in [1.54, 1.807) is 11.3 Å². The van der Waals surface area contributed by atoms with Crippen LogP contribution in [0.5, 0.6) is 0 Å². The topological polar surface area (TPSA) is 65.5 Å². The molecule has 0 aromatic carbocycles. The zero-order chi connectivity index (χ0) is 14.5. The molecule has 1 saturated heterocycles. The number of hydrogen-bond donors (Lipinski definition) is 2. The van der Waals surface area contributed by atoms with Crippen molar-refractivity contribution in [3.8, 4) is 0 Å². The number of nitrogens with one attached hydrogen (secondary N) is 1. The number of nitrogens with zero attached hydrogens (tertiary/aromatic N) is 2. The minimum Gasteiger partial charge on any atom is -0.394 e. The van der Waals surface area contributed by atoms with Crippen LogP contribution < -0.4 is 5.32 Å². The van der Waals surface area contributed by atoms with Crippen LogP contribution in [-0.2, 0) is 11.3 Å². The largest absolute Gasteiger partial charge is 0.394 e. The van der Waals surface area contributed by atoms with E-state index in [0.29, 0.717) is 0 Å². The van der Waals surface area contributed by atoms with Crippen LogP contribution in [0, 0.1) is 12.8 Å². The van der Waals surface area contributed by atoms with Gasteiger partial charge in [0, 0.05) is 23.9 Å². The van der Waals surface area contributed by atoms with Crippen LogP contribution in [0.4, 0.5) is 0 Å². The molecule has 1 fully saturated rings. The van der Waals surface area contributed by atoms with Crippen LogP contribution in [-0.4, -0.2) is 46.6 Å². The molecular weight excluding hydrogens is 274 g/mol. The Hall–Kier alpha value is -0.980. The second-order valence-corrected chi connectivity index (χ2v) is 6.56. The first-order valence-corrected chi connectivity index (χ1v) is 8.01. The van der Waals surface area contributed by atoms with Gasteiger partial charge in [-0.05, 0) is 39.8 Å². The van der Waals surface area contributed by atoms with Crippen molar-refractivity contribution in [3.63, 3.8) is 0 Å². The summed E-state index contributed by atoms with van der Waals surface area (Å²) in [4.78, 5) is 18.8. The Kier molecular flexibility index (Phi) is 5.51. The van der Waals surface area contributed by atoms with Gasteiger partial charge in [-0.2, -0.15) is 0 Å². The zero-order valence-electron chi connectivity index (χ0n) is 12.1. The maximum atomic E-state index is 12.0. The predicted octanol–water partition coefficient (Wildman–Crippen LogP) is 1.16. The number of aromatic nitrogens is 1. The van der Waals surface area contributed by atoms with Gasteiger partial charge >= 0.3 is 0 Å². The summed E-state index contributed by atoms with van der Waals surface area (Å²) in [7, 11) is 0. The first kappa shape index (κ1) is 15.4. The molecule has 1 aliphatic rings. The highest BCUT2D eigenvalue weighted by atomic mass is 32.1. The van der Waals surface area contributed by atoms with E-state index in [2.05, 4.69) is 20.6 Å². The number of piperidine rings is 1. The number of hydrogen-bond acceptors (Lipinski definition) is 5. The van der Waals surface area contributed by atoms with Crippen LogP contribution in [0.15, 0.2) is 5.38 Å². The first-order valence-electron chi connectivity index (χ1n) is 7.13. The van der Waals surface area contributed by atoms with Crippen molar-refractivity contribution in [2.24, 2.45) is 5.92 Å². The fourth-order valence-corrected chi connectivity index (χ4v) is 3.07. The molecule has 1 atom stereocenters. The Labute approximate surface area is 124 Å². The maximum Gasteiger partial charge on any atom is 0.223 e. The average molecular weight is 297 g/mol. The molecule has 0 radical (unpaired) electrons. The summed E-state index contributed by atoms with van der Waals surface area (Å²) in [6.45, 7) is 6.58. The van der Waals surface area contributed by atoms with Gasteiger partial charge in [0.05, 0.1) is 17.3 Å². The summed E-state index contributed by atoms with van der Waals surface area (Å²) in [5.41, 5.74) is 1.13. The van der Waals surface area contributed by atoms with Crippen molar-refractivity contribution in [2.45, 2.75) is 39.3 Å². The lowest BCUT2D eigenvalue weighted by Gasteiger charge is -2.31. The summed E-state index contributed by atoms with van der Waals surface area (Å²) < 4.78 is 0. The van der Waals surface area contributed by atoms with E-state index < -0.39 is 0 Å². The van der Waals surface area contributed by atoms with E-state index >= 15 is 0 Å². The second-order valence-electron chi connectivity index (χ2n) is 5.50. The van der Waals surface area contributed by atoms with Crippen molar-refractivity contribution in [3.05, 3.63) is 16.1 Å². The summed E-state index contributed by atoms with van der Waals surface area (Å²) in [6.07, 6.45) is 1.76. The molecule has 1 aromatic rings. The lowest BCUT2D eigenvalue weighted by molar-refractivity contribution is -0.127. The number of carbonyl (C=O) groups is 1. The summed E-state index contributed by atoms with van der Waals surface area (Å²) in [6, 6.07) is -0.154. The predicted molar refractivity (Wildman–Crippen MR) is 79.5 cm³/mol. The molecule has 0 saturated carbocycles. The molecule has 20 heavy (non-hydrogen) atoms. The third-order valence-electron chi connectivity index (χ3n) is 3.67. The lowest BCUT2D eigenvalue weighted by Crippen LogP contribution is -2.43. The Morgan fingerprint density at radius 1 is 1.60 bits per heavy atom. The summed E-state index contributed by atoms with van der Waals surface area (Å²) in [5, 5.41) is 15.0. The van der Waals surface area contributed by atoms with Crippen molar-refractivity contribution in [2.75, 3.05) is 19.7 Å². The highest BCUT2D eigenvalue weighted by Gasteiger charge is 2.25. The number of aliphatic hydroxyl groups excluding tert-OH is 1. The van der Waals surface area contributed by atoms with Crippen molar-refractivity contribution >= 4 is 17.2 Å². The Balaban J connectivity index is 1.76. The van der Waals surface area contributed by atoms with Gasteiger partial charge < -0.3 is 10.4 Å². The van der Waals surface area contributed by atoms with E-state index in [9.17, 15) is 4.79 Å². The number of rotatable bonds is 5. The Bertz CT molecular complexity index is 441. The quantitative estimate of drug-likeness (QED) is 0.856. The van der Waals surface area contributed by atoms with E-state index in [1.165, 1.54) is 0 Å². The average Bonchev–Trinajstić information content (AvgIpc) is 2.84. The monoisotopic (exact) mass is 297 g/mol. The van der Waals surface area contributed by atoms with Gasteiger partial charge in [-0.3, -0.25) is 9.69 Å². The Morgan fingerprint density at radius 2 is 2.30 bits per heavy atom. The SMILES string of the molecule is Cc1nc(CN2CCC(C(=O)NC(C)CO)CC2)cs1. The first-order chi connectivity index (χ1) is 9.58. The number of amides is 1. The van der Waals surface area contributed by atoms with Crippen LogP contribution in [0.2, 0.25) is 0 Å². The van der Waals surface area contributed by atoms with Gasteiger partial charge in [0.25, 0.3) is 0 Å². The minimum absolute atomic E-state index is 0.00619.